The molecule has 1 heterocycles. The van der Waals surface area contributed by atoms with Gasteiger partial charge in [-0.05, 0) is 51.0 Å². The maximum atomic E-state index is 11.8. The molecule has 9 heteroatoms. The number of H-pyrrole nitrogens is 1. The summed E-state index contributed by atoms with van der Waals surface area (Å²) in [6, 6.07) is 4.99. The highest BCUT2D eigenvalue weighted by Gasteiger charge is 2.18. The number of hydrogen-bond acceptors (Lipinski definition) is 5. The number of rotatable bonds is 3. The summed E-state index contributed by atoms with van der Waals surface area (Å²) in [4.78, 5) is 29.8. The molecular formula is C17H22N4O5. The zero-order valence-corrected chi connectivity index (χ0v) is 14.8. The number of hydrogen-bond donors (Lipinski definition) is 5. The molecule has 0 aliphatic carbocycles. The van der Waals surface area contributed by atoms with E-state index in [0.29, 0.717) is 6.42 Å². The number of aromatic nitrogens is 1. The van der Waals surface area contributed by atoms with Crippen molar-refractivity contribution in [2.45, 2.75) is 32.8 Å². The Bertz CT molecular complexity index is 835. The predicted molar refractivity (Wildman–Crippen MR) is 96.5 cm³/mol. The molecule has 0 aliphatic heterocycles. The van der Waals surface area contributed by atoms with Gasteiger partial charge >= 0.3 is 12.2 Å². The number of aliphatic imine (C=N–C) groups is 1. The molecule has 9 nitrogen and oxygen atoms in total. The van der Waals surface area contributed by atoms with E-state index in [4.69, 9.17) is 9.84 Å². The normalized spacial score (nSPS) is 12.0. The van der Waals surface area contributed by atoms with E-state index < -0.39 is 17.8 Å². The SMILES string of the molecule is CC(C)(C)OC(=O)NC(=NCCc1c[nH]c2ccc(O)cc12)NC(=O)O. The number of carbonyl (C=O) groups excluding carboxylic acids is 1. The number of fused-ring (bicyclic) bond motifs is 1. The number of aromatic hydroxyl groups is 1. The highest BCUT2D eigenvalue weighted by Crippen LogP contribution is 2.23. The predicted octanol–water partition coefficient (Wildman–Crippen LogP) is 2.56. The van der Waals surface area contributed by atoms with Crippen LogP contribution in [-0.4, -0.2) is 45.5 Å². The molecule has 2 rings (SSSR count). The molecule has 5 N–H and O–H groups in total. The second-order valence-corrected chi connectivity index (χ2v) is 6.58. The van der Waals surface area contributed by atoms with Crippen LogP contribution >= 0.6 is 0 Å². The van der Waals surface area contributed by atoms with Crippen molar-refractivity contribution < 1.29 is 24.5 Å². The molecule has 140 valence electrons. The Morgan fingerprint density at radius 2 is 2.00 bits per heavy atom. The van der Waals surface area contributed by atoms with Gasteiger partial charge in [-0.2, -0.15) is 0 Å². The molecule has 1 aromatic carbocycles. The third-order valence-corrected chi connectivity index (χ3v) is 3.25. The van der Waals surface area contributed by atoms with E-state index in [1.54, 1.807) is 45.2 Å². The van der Waals surface area contributed by atoms with Gasteiger partial charge in [0, 0.05) is 23.6 Å². The molecule has 0 spiro atoms. The minimum Gasteiger partial charge on any atom is -0.508 e. The van der Waals surface area contributed by atoms with Gasteiger partial charge in [-0.3, -0.25) is 15.6 Å². The van der Waals surface area contributed by atoms with E-state index in [9.17, 15) is 14.7 Å². The summed E-state index contributed by atoms with van der Waals surface area (Å²) < 4.78 is 5.08. The average Bonchev–Trinajstić information content (AvgIpc) is 2.87. The van der Waals surface area contributed by atoms with Crippen LogP contribution in [0.3, 0.4) is 0 Å². The molecule has 0 bridgehead atoms. The van der Waals surface area contributed by atoms with Crippen LogP contribution in [0.1, 0.15) is 26.3 Å². The first-order valence-electron chi connectivity index (χ1n) is 7.97. The Hall–Kier alpha value is -3.23. The standard InChI is InChI=1S/C17H22N4O5/c1-17(2,3)26-16(25)21-14(20-15(23)24)18-7-6-10-9-19-13-5-4-11(22)8-12(10)13/h4-5,8-9,19,22H,6-7H2,1-3H3,(H,23,24)(H2,18,20,21,25). The molecule has 1 aromatic heterocycles. The quantitative estimate of drug-likeness (QED) is 0.422. The van der Waals surface area contributed by atoms with Gasteiger partial charge < -0.3 is 19.9 Å². The third-order valence-electron chi connectivity index (χ3n) is 3.25. The lowest BCUT2D eigenvalue weighted by molar-refractivity contribution is 0.0561. The van der Waals surface area contributed by atoms with Crippen molar-refractivity contribution in [2.75, 3.05) is 6.54 Å². The lowest BCUT2D eigenvalue weighted by Crippen LogP contribution is -2.45. The van der Waals surface area contributed by atoms with E-state index in [1.807, 2.05) is 5.32 Å². The van der Waals surface area contributed by atoms with Crippen molar-refractivity contribution in [1.29, 1.82) is 0 Å². The van der Waals surface area contributed by atoms with Crippen LogP contribution in [0, 0.1) is 0 Å². The van der Waals surface area contributed by atoms with Crippen molar-refractivity contribution in [3.63, 3.8) is 0 Å². The molecular weight excluding hydrogens is 340 g/mol. The summed E-state index contributed by atoms with van der Waals surface area (Å²) in [6.07, 6.45) is 0.119. The summed E-state index contributed by atoms with van der Waals surface area (Å²) in [5.41, 5.74) is 1.06. The zero-order valence-electron chi connectivity index (χ0n) is 14.8. The van der Waals surface area contributed by atoms with Gasteiger partial charge in [0.1, 0.15) is 11.4 Å². The summed E-state index contributed by atoms with van der Waals surface area (Å²) in [7, 11) is 0. The third kappa shape index (κ3) is 5.69. The monoisotopic (exact) mass is 362 g/mol. The number of nitrogens with zero attached hydrogens (tertiary/aromatic N) is 1. The van der Waals surface area contributed by atoms with E-state index >= 15 is 0 Å². The van der Waals surface area contributed by atoms with Crippen LogP contribution in [0.25, 0.3) is 10.9 Å². The van der Waals surface area contributed by atoms with E-state index in [-0.39, 0.29) is 18.3 Å². The molecule has 26 heavy (non-hydrogen) atoms. The number of carbonyl (C=O) groups is 2. The molecule has 0 radical (unpaired) electrons. The molecule has 2 amide bonds. The van der Waals surface area contributed by atoms with Crippen molar-refractivity contribution in [1.82, 2.24) is 15.6 Å². The summed E-state index contributed by atoms with van der Waals surface area (Å²) in [5.74, 6) is -0.0592. The average molecular weight is 362 g/mol. The van der Waals surface area contributed by atoms with Crippen LogP contribution in [0.15, 0.2) is 29.4 Å². The van der Waals surface area contributed by atoms with Gasteiger partial charge in [0.25, 0.3) is 0 Å². The van der Waals surface area contributed by atoms with Gasteiger partial charge in [-0.15, -0.1) is 0 Å². The van der Waals surface area contributed by atoms with Gasteiger partial charge in [0.15, 0.2) is 0 Å². The number of phenolic OH excluding ortho intramolecular Hbond substituents is 1. The van der Waals surface area contributed by atoms with Crippen LogP contribution in [0.2, 0.25) is 0 Å². The first-order valence-corrected chi connectivity index (χ1v) is 7.97. The molecule has 0 saturated carbocycles. The van der Waals surface area contributed by atoms with Crippen molar-refractivity contribution in [2.24, 2.45) is 4.99 Å². The number of carboxylic acid groups (broad SMARTS) is 1. The lowest BCUT2D eigenvalue weighted by atomic mass is 10.1. The molecule has 0 fully saturated rings. The van der Waals surface area contributed by atoms with Crippen molar-refractivity contribution in [3.8, 4) is 5.75 Å². The Labute approximate surface area is 150 Å². The van der Waals surface area contributed by atoms with Crippen LogP contribution < -0.4 is 10.6 Å². The minimum atomic E-state index is -1.35. The lowest BCUT2D eigenvalue weighted by Gasteiger charge is -2.20. The Morgan fingerprint density at radius 1 is 1.27 bits per heavy atom. The molecule has 2 aromatic rings. The number of guanidine groups is 1. The number of ether oxygens (including phenoxy) is 1. The summed E-state index contributed by atoms with van der Waals surface area (Å²) in [5, 5.41) is 23.6. The second-order valence-electron chi connectivity index (χ2n) is 6.58. The van der Waals surface area contributed by atoms with Crippen molar-refractivity contribution in [3.05, 3.63) is 30.0 Å². The fourth-order valence-corrected chi connectivity index (χ4v) is 2.27. The highest BCUT2D eigenvalue weighted by atomic mass is 16.6. The smallest absolute Gasteiger partial charge is 0.414 e. The zero-order chi connectivity index (χ0) is 19.3. The number of benzene rings is 1. The molecule has 0 unspecified atom stereocenters. The largest absolute Gasteiger partial charge is 0.508 e. The van der Waals surface area contributed by atoms with Crippen molar-refractivity contribution >= 4 is 29.0 Å². The van der Waals surface area contributed by atoms with Crippen LogP contribution in [0.4, 0.5) is 9.59 Å². The van der Waals surface area contributed by atoms with Gasteiger partial charge in [0.05, 0.1) is 0 Å². The second kappa shape index (κ2) is 7.77. The number of nitrogens with one attached hydrogen (secondary N) is 3. The summed E-state index contributed by atoms with van der Waals surface area (Å²) >= 11 is 0. The number of phenols is 1. The Morgan fingerprint density at radius 3 is 2.65 bits per heavy atom. The maximum absolute atomic E-state index is 11.8. The van der Waals surface area contributed by atoms with Crippen LogP contribution in [0.5, 0.6) is 5.75 Å². The molecule has 0 saturated heterocycles. The van der Waals surface area contributed by atoms with E-state index in [1.165, 1.54) is 0 Å². The highest BCUT2D eigenvalue weighted by molar-refractivity contribution is 6.00. The van der Waals surface area contributed by atoms with Gasteiger partial charge in [0.2, 0.25) is 5.96 Å². The summed E-state index contributed by atoms with van der Waals surface area (Å²) in [6.45, 7) is 5.30. The maximum Gasteiger partial charge on any atom is 0.414 e. The Kier molecular flexibility index (Phi) is 5.71. The number of aromatic amines is 1. The van der Waals surface area contributed by atoms with Crippen LogP contribution in [-0.2, 0) is 11.2 Å². The molecule has 0 atom stereocenters. The fourth-order valence-electron chi connectivity index (χ4n) is 2.27. The van der Waals surface area contributed by atoms with Gasteiger partial charge in [-0.1, -0.05) is 0 Å². The van der Waals surface area contributed by atoms with Gasteiger partial charge in [-0.25, -0.2) is 9.59 Å². The van der Waals surface area contributed by atoms with E-state index in [0.717, 1.165) is 16.5 Å². The first kappa shape index (κ1) is 19.1. The number of amides is 2. The first-order chi connectivity index (χ1) is 12.1. The minimum absolute atomic E-state index is 0.154. The number of alkyl carbamates (subject to hydrolysis) is 1. The molecule has 0 aliphatic rings. The Balaban J connectivity index is 2.05. The topological polar surface area (TPSA) is 136 Å². The fraction of sp³-hybridized carbons (Fsp3) is 0.353. The van der Waals surface area contributed by atoms with E-state index in [2.05, 4.69) is 15.3 Å².